The molecule has 1 rings (SSSR count). The van der Waals surface area contributed by atoms with E-state index in [0.717, 1.165) is 31.6 Å². The number of hydrogen-bond acceptors (Lipinski definition) is 3. The minimum Gasteiger partial charge on any atom is -0.337 e. The van der Waals surface area contributed by atoms with Gasteiger partial charge in [0.25, 0.3) is 0 Å². The first-order valence-electron chi connectivity index (χ1n) is 5.62. The Balaban J connectivity index is 2.57. The van der Waals surface area contributed by atoms with Gasteiger partial charge in [-0.2, -0.15) is 0 Å². The second kappa shape index (κ2) is 5.25. The number of aldehydes is 1. The van der Waals surface area contributed by atoms with E-state index < -0.39 is 0 Å². The Labute approximate surface area is 97.3 Å². The van der Waals surface area contributed by atoms with Gasteiger partial charge >= 0.3 is 0 Å². The maximum atomic E-state index is 11.0. The molecule has 4 nitrogen and oxygen atoms in total. The lowest BCUT2D eigenvalue weighted by atomic mass is 9.89. The standard InChI is InChI=1S/C12H21N3O/c1-5-12(2,10-16)9-14(3)8-11-13-6-7-15(11)4/h6-7,10H,5,8-9H2,1-4H3. The molecule has 16 heavy (non-hydrogen) atoms. The minimum absolute atomic E-state index is 0.250. The molecule has 0 saturated heterocycles. The molecule has 1 aromatic heterocycles. The molecule has 4 heteroatoms. The van der Waals surface area contributed by atoms with Gasteiger partial charge in [-0.3, -0.25) is 4.90 Å². The van der Waals surface area contributed by atoms with Crippen LogP contribution in [0.4, 0.5) is 0 Å². The van der Waals surface area contributed by atoms with Crippen LogP contribution in [0, 0.1) is 5.41 Å². The molecule has 0 aliphatic heterocycles. The summed E-state index contributed by atoms with van der Waals surface area (Å²) in [6.07, 6.45) is 5.65. The first-order chi connectivity index (χ1) is 7.50. The summed E-state index contributed by atoms with van der Waals surface area (Å²) in [6, 6.07) is 0. The number of imidazole rings is 1. The van der Waals surface area contributed by atoms with Crippen LogP contribution in [-0.4, -0.2) is 34.3 Å². The molecule has 0 radical (unpaired) electrons. The lowest BCUT2D eigenvalue weighted by Crippen LogP contribution is -2.34. The molecule has 0 aromatic carbocycles. The predicted octanol–water partition coefficient (Wildman–Crippen LogP) is 1.47. The van der Waals surface area contributed by atoms with Gasteiger partial charge in [-0.05, 0) is 13.5 Å². The van der Waals surface area contributed by atoms with Gasteiger partial charge in [-0.1, -0.05) is 13.8 Å². The summed E-state index contributed by atoms with van der Waals surface area (Å²) < 4.78 is 2.00. The third-order valence-electron chi connectivity index (χ3n) is 3.06. The van der Waals surface area contributed by atoms with Gasteiger partial charge < -0.3 is 9.36 Å². The van der Waals surface area contributed by atoms with E-state index in [2.05, 4.69) is 9.88 Å². The van der Waals surface area contributed by atoms with Crippen molar-refractivity contribution in [1.29, 1.82) is 0 Å². The summed E-state index contributed by atoms with van der Waals surface area (Å²) in [4.78, 5) is 17.4. The Kier molecular flexibility index (Phi) is 4.24. The van der Waals surface area contributed by atoms with Crippen molar-refractivity contribution < 1.29 is 4.79 Å². The summed E-state index contributed by atoms with van der Waals surface area (Å²) >= 11 is 0. The van der Waals surface area contributed by atoms with Crippen molar-refractivity contribution in [2.45, 2.75) is 26.8 Å². The zero-order chi connectivity index (χ0) is 12.2. The van der Waals surface area contributed by atoms with Gasteiger partial charge in [0.2, 0.25) is 0 Å². The van der Waals surface area contributed by atoms with Crippen LogP contribution < -0.4 is 0 Å². The monoisotopic (exact) mass is 223 g/mol. The highest BCUT2D eigenvalue weighted by molar-refractivity contribution is 5.58. The zero-order valence-corrected chi connectivity index (χ0v) is 10.6. The second-order valence-corrected chi connectivity index (χ2v) is 4.75. The Hall–Kier alpha value is -1.16. The van der Waals surface area contributed by atoms with Crippen LogP contribution in [0.1, 0.15) is 26.1 Å². The smallest absolute Gasteiger partial charge is 0.127 e. The van der Waals surface area contributed by atoms with E-state index in [1.54, 1.807) is 6.20 Å². The molecule has 0 bridgehead atoms. The number of rotatable bonds is 6. The van der Waals surface area contributed by atoms with Crippen LogP contribution in [0.3, 0.4) is 0 Å². The summed E-state index contributed by atoms with van der Waals surface area (Å²) in [6.45, 7) is 5.57. The number of carbonyl (C=O) groups is 1. The van der Waals surface area contributed by atoms with Gasteiger partial charge in [0.1, 0.15) is 12.1 Å². The molecular formula is C12H21N3O. The quantitative estimate of drug-likeness (QED) is 0.685. The van der Waals surface area contributed by atoms with Crippen LogP contribution in [-0.2, 0) is 18.4 Å². The largest absolute Gasteiger partial charge is 0.337 e. The Morgan fingerprint density at radius 2 is 2.31 bits per heavy atom. The Morgan fingerprint density at radius 1 is 1.62 bits per heavy atom. The molecule has 1 unspecified atom stereocenters. The number of aryl methyl sites for hydroxylation is 1. The second-order valence-electron chi connectivity index (χ2n) is 4.75. The van der Waals surface area contributed by atoms with Crippen molar-refractivity contribution in [2.24, 2.45) is 12.5 Å². The third kappa shape index (κ3) is 3.17. The van der Waals surface area contributed by atoms with Crippen molar-refractivity contribution >= 4 is 6.29 Å². The number of nitrogens with zero attached hydrogens (tertiary/aromatic N) is 3. The van der Waals surface area contributed by atoms with E-state index in [4.69, 9.17) is 0 Å². The topological polar surface area (TPSA) is 38.1 Å². The van der Waals surface area contributed by atoms with Crippen LogP contribution in [0.15, 0.2) is 12.4 Å². The summed E-state index contributed by atoms with van der Waals surface area (Å²) in [7, 11) is 4.00. The Morgan fingerprint density at radius 3 is 2.75 bits per heavy atom. The fraction of sp³-hybridized carbons (Fsp3) is 0.667. The fourth-order valence-electron chi connectivity index (χ4n) is 1.70. The van der Waals surface area contributed by atoms with Crippen LogP contribution >= 0.6 is 0 Å². The van der Waals surface area contributed by atoms with Gasteiger partial charge in [-0.25, -0.2) is 4.98 Å². The van der Waals surface area contributed by atoms with Crippen molar-refractivity contribution in [1.82, 2.24) is 14.5 Å². The molecular weight excluding hydrogens is 202 g/mol. The molecule has 1 atom stereocenters. The molecule has 1 heterocycles. The van der Waals surface area contributed by atoms with Crippen LogP contribution in [0.25, 0.3) is 0 Å². The number of aromatic nitrogens is 2. The van der Waals surface area contributed by atoms with E-state index in [-0.39, 0.29) is 5.41 Å². The third-order valence-corrected chi connectivity index (χ3v) is 3.06. The van der Waals surface area contributed by atoms with Gasteiger partial charge in [0.05, 0.1) is 6.54 Å². The van der Waals surface area contributed by atoms with Gasteiger partial charge in [0, 0.05) is 31.4 Å². The summed E-state index contributed by atoms with van der Waals surface area (Å²) in [5.41, 5.74) is -0.250. The molecule has 0 N–H and O–H groups in total. The fourth-order valence-corrected chi connectivity index (χ4v) is 1.70. The first-order valence-corrected chi connectivity index (χ1v) is 5.62. The van der Waals surface area contributed by atoms with Crippen molar-refractivity contribution in [3.05, 3.63) is 18.2 Å². The number of hydrogen-bond donors (Lipinski definition) is 0. The molecule has 0 amide bonds. The van der Waals surface area contributed by atoms with Crippen molar-refractivity contribution in [3.8, 4) is 0 Å². The van der Waals surface area contributed by atoms with Crippen LogP contribution in [0.5, 0.6) is 0 Å². The zero-order valence-electron chi connectivity index (χ0n) is 10.6. The average molecular weight is 223 g/mol. The highest BCUT2D eigenvalue weighted by atomic mass is 16.1. The Bertz CT molecular complexity index is 348. The van der Waals surface area contributed by atoms with Gasteiger partial charge in [-0.15, -0.1) is 0 Å². The average Bonchev–Trinajstić information content (AvgIpc) is 2.64. The molecule has 0 aliphatic carbocycles. The lowest BCUT2D eigenvalue weighted by Gasteiger charge is -2.27. The highest BCUT2D eigenvalue weighted by Crippen LogP contribution is 2.19. The first kappa shape index (κ1) is 12.9. The molecule has 0 saturated carbocycles. The number of carbonyl (C=O) groups excluding carboxylic acids is 1. The molecule has 1 aromatic rings. The SMILES string of the molecule is CCC(C)(C=O)CN(C)Cc1nccn1C. The minimum atomic E-state index is -0.250. The molecule has 0 spiro atoms. The van der Waals surface area contributed by atoms with E-state index in [0.29, 0.717) is 0 Å². The van der Waals surface area contributed by atoms with Crippen molar-refractivity contribution in [2.75, 3.05) is 13.6 Å². The van der Waals surface area contributed by atoms with E-state index in [1.807, 2.05) is 38.7 Å². The molecule has 90 valence electrons. The highest BCUT2D eigenvalue weighted by Gasteiger charge is 2.23. The predicted molar refractivity (Wildman–Crippen MR) is 64.0 cm³/mol. The van der Waals surface area contributed by atoms with Crippen LogP contribution in [0.2, 0.25) is 0 Å². The molecule has 0 fully saturated rings. The molecule has 0 aliphatic rings. The maximum Gasteiger partial charge on any atom is 0.127 e. The normalized spacial score (nSPS) is 15.1. The van der Waals surface area contributed by atoms with E-state index in [9.17, 15) is 4.79 Å². The maximum absolute atomic E-state index is 11.0. The summed E-state index contributed by atoms with van der Waals surface area (Å²) in [5.74, 6) is 1.02. The van der Waals surface area contributed by atoms with Gasteiger partial charge in [0.15, 0.2) is 0 Å². The summed E-state index contributed by atoms with van der Waals surface area (Å²) in [5, 5.41) is 0. The lowest BCUT2D eigenvalue weighted by molar-refractivity contribution is -0.116. The van der Waals surface area contributed by atoms with Crippen molar-refractivity contribution in [3.63, 3.8) is 0 Å². The van der Waals surface area contributed by atoms with E-state index >= 15 is 0 Å². The van der Waals surface area contributed by atoms with E-state index in [1.165, 1.54) is 0 Å².